The van der Waals surface area contributed by atoms with E-state index in [0.717, 1.165) is 11.7 Å². The van der Waals surface area contributed by atoms with Crippen LogP contribution >= 0.6 is 11.8 Å². The van der Waals surface area contributed by atoms with E-state index in [2.05, 4.69) is 25.4 Å². The number of imidazole rings is 1. The van der Waals surface area contributed by atoms with E-state index in [1.807, 2.05) is 0 Å². The summed E-state index contributed by atoms with van der Waals surface area (Å²) in [6, 6.07) is 0. The molecule has 0 saturated heterocycles. The Labute approximate surface area is 121 Å². The number of rotatable bonds is 5. The molecule has 0 radical (unpaired) electrons. The van der Waals surface area contributed by atoms with Gasteiger partial charge in [-0.2, -0.15) is 15.0 Å². The van der Waals surface area contributed by atoms with Gasteiger partial charge in [0.15, 0.2) is 5.16 Å². The number of nitrogens with one attached hydrogen (secondary N) is 1. The molecular weight excluding hydrogens is 274 g/mol. The Morgan fingerprint density at radius 2 is 2.15 bits per heavy atom. The molecule has 1 aliphatic carbocycles. The van der Waals surface area contributed by atoms with E-state index >= 15 is 0 Å². The number of nitrogens with zero attached hydrogens (tertiary/aromatic N) is 5. The molecular formula is C12H17N7S. The number of hydrogen-bond acceptors (Lipinski definition) is 7. The first-order chi connectivity index (χ1) is 9.85. The van der Waals surface area contributed by atoms with Crippen LogP contribution in [0.15, 0.2) is 23.9 Å². The lowest BCUT2D eigenvalue weighted by molar-refractivity contribution is 0.622. The summed E-state index contributed by atoms with van der Waals surface area (Å²) >= 11 is 1.67. The van der Waals surface area contributed by atoms with Crippen LogP contribution in [0.4, 0.5) is 5.95 Å². The van der Waals surface area contributed by atoms with E-state index in [-0.39, 0.29) is 0 Å². The van der Waals surface area contributed by atoms with Crippen LogP contribution in [0.3, 0.4) is 0 Å². The number of hydrogen-bond donors (Lipinski definition) is 2. The molecule has 0 atom stereocenters. The second kappa shape index (κ2) is 6.19. The van der Waals surface area contributed by atoms with Crippen molar-refractivity contribution in [3.05, 3.63) is 18.7 Å². The summed E-state index contributed by atoms with van der Waals surface area (Å²) in [7, 11) is 0. The van der Waals surface area contributed by atoms with Gasteiger partial charge in [0, 0.05) is 18.1 Å². The zero-order chi connectivity index (χ0) is 13.8. The normalized spacial score (nSPS) is 15.7. The van der Waals surface area contributed by atoms with E-state index in [9.17, 15) is 0 Å². The summed E-state index contributed by atoms with van der Waals surface area (Å²) in [6.45, 7) is 0. The first kappa shape index (κ1) is 13.3. The smallest absolute Gasteiger partial charge is 0.242 e. The quantitative estimate of drug-likeness (QED) is 0.491. The molecule has 8 heteroatoms. The van der Waals surface area contributed by atoms with E-state index in [1.54, 1.807) is 35.0 Å². The third-order valence-electron chi connectivity index (χ3n) is 3.39. The second-order valence-corrected chi connectivity index (χ2v) is 5.80. The van der Waals surface area contributed by atoms with Crippen molar-refractivity contribution in [3.63, 3.8) is 0 Å². The molecule has 7 nitrogen and oxygen atoms in total. The Morgan fingerprint density at radius 3 is 2.85 bits per heavy atom. The monoisotopic (exact) mass is 291 g/mol. The van der Waals surface area contributed by atoms with Crippen molar-refractivity contribution in [2.75, 3.05) is 11.2 Å². The van der Waals surface area contributed by atoms with Crippen LogP contribution in [0.5, 0.6) is 0 Å². The van der Waals surface area contributed by atoms with Crippen LogP contribution in [0, 0.1) is 5.92 Å². The van der Waals surface area contributed by atoms with Gasteiger partial charge >= 0.3 is 0 Å². The fourth-order valence-corrected chi connectivity index (χ4v) is 3.35. The van der Waals surface area contributed by atoms with Gasteiger partial charge in [0.05, 0.1) is 0 Å². The highest BCUT2D eigenvalue weighted by Gasteiger charge is 2.16. The highest BCUT2D eigenvalue weighted by molar-refractivity contribution is 7.99. The Morgan fingerprint density at radius 1 is 1.30 bits per heavy atom. The molecule has 0 aliphatic heterocycles. The van der Waals surface area contributed by atoms with Crippen molar-refractivity contribution in [2.24, 2.45) is 11.8 Å². The van der Waals surface area contributed by atoms with Gasteiger partial charge in [-0.3, -0.25) is 9.99 Å². The molecule has 2 heterocycles. The van der Waals surface area contributed by atoms with Crippen molar-refractivity contribution in [1.29, 1.82) is 0 Å². The SMILES string of the molecule is NNc1nc(SCC2CCCC2)nc(-n2ccnc2)n1. The lowest BCUT2D eigenvalue weighted by atomic mass is 10.1. The molecule has 106 valence electrons. The van der Waals surface area contributed by atoms with Gasteiger partial charge < -0.3 is 0 Å². The Bertz CT molecular complexity index is 551. The summed E-state index contributed by atoms with van der Waals surface area (Å²) in [5.41, 5.74) is 2.49. The average molecular weight is 291 g/mol. The Balaban J connectivity index is 1.77. The topological polar surface area (TPSA) is 94.5 Å². The van der Waals surface area contributed by atoms with Gasteiger partial charge in [-0.1, -0.05) is 24.6 Å². The molecule has 3 rings (SSSR count). The van der Waals surface area contributed by atoms with Crippen LogP contribution in [0.2, 0.25) is 0 Å². The van der Waals surface area contributed by atoms with Crippen LogP contribution in [-0.2, 0) is 0 Å². The van der Waals surface area contributed by atoms with Crippen LogP contribution in [0.1, 0.15) is 25.7 Å². The molecule has 0 unspecified atom stereocenters. The third kappa shape index (κ3) is 3.07. The van der Waals surface area contributed by atoms with E-state index in [4.69, 9.17) is 5.84 Å². The van der Waals surface area contributed by atoms with Crippen molar-refractivity contribution in [1.82, 2.24) is 24.5 Å². The molecule has 3 N–H and O–H groups in total. The van der Waals surface area contributed by atoms with Crippen molar-refractivity contribution < 1.29 is 0 Å². The summed E-state index contributed by atoms with van der Waals surface area (Å²) in [5, 5.41) is 0.698. The molecule has 2 aromatic heterocycles. The highest BCUT2D eigenvalue weighted by Crippen LogP contribution is 2.30. The maximum atomic E-state index is 5.42. The number of nitrogens with two attached hydrogens (primary N) is 1. The molecule has 1 fully saturated rings. The zero-order valence-corrected chi connectivity index (χ0v) is 11.9. The highest BCUT2D eigenvalue weighted by atomic mass is 32.2. The second-order valence-electron chi connectivity index (χ2n) is 4.82. The maximum Gasteiger partial charge on any atom is 0.242 e. The van der Waals surface area contributed by atoms with Gasteiger partial charge in [0.2, 0.25) is 11.9 Å². The lowest BCUT2D eigenvalue weighted by Gasteiger charge is -2.09. The van der Waals surface area contributed by atoms with Gasteiger partial charge in [0.1, 0.15) is 6.33 Å². The van der Waals surface area contributed by atoms with Gasteiger partial charge in [-0.25, -0.2) is 10.8 Å². The summed E-state index contributed by atoms with van der Waals surface area (Å²) in [5.74, 6) is 8.16. The number of aromatic nitrogens is 5. The number of anilines is 1. The molecule has 0 aromatic carbocycles. The Kier molecular flexibility index (Phi) is 4.12. The summed E-state index contributed by atoms with van der Waals surface area (Å²) < 4.78 is 1.74. The number of nitrogen functional groups attached to an aromatic ring is 1. The largest absolute Gasteiger partial charge is 0.292 e. The molecule has 0 bridgehead atoms. The van der Waals surface area contributed by atoms with Crippen LogP contribution in [-0.4, -0.2) is 30.3 Å². The number of thioether (sulfide) groups is 1. The van der Waals surface area contributed by atoms with Crippen LogP contribution in [0.25, 0.3) is 5.95 Å². The molecule has 0 spiro atoms. The van der Waals surface area contributed by atoms with Crippen molar-refractivity contribution in [3.8, 4) is 5.95 Å². The average Bonchev–Trinajstić information content (AvgIpc) is 3.17. The van der Waals surface area contributed by atoms with Gasteiger partial charge in [0.25, 0.3) is 0 Å². The first-order valence-corrected chi connectivity index (χ1v) is 7.67. The standard InChI is InChI=1S/C12H17N7S/c13-18-10-15-11(19-6-5-14-8-19)17-12(16-10)20-7-9-3-1-2-4-9/h5-6,8-9H,1-4,7,13H2,(H,15,16,17,18). The molecule has 2 aromatic rings. The van der Waals surface area contributed by atoms with Gasteiger partial charge in [-0.05, 0) is 18.8 Å². The minimum Gasteiger partial charge on any atom is -0.292 e. The fraction of sp³-hybridized carbons (Fsp3) is 0.500. The minimum atomic E-state index is 0.373. The predicted molar refractivity (Wildman–Crippen MR) is 77.4 cm³/mol. The van der Waals surface area contributed by atoms with Crippen molar-refractivity contribution >= 4 is 17.7 Å². The fourth-order valence-electron chi connectivity index (χ4n) is 2.34. The first-order valence-electron chi connectivity index (χ1n) is 6.69. The summed E-state index contributed by atoms with van der Waals surface area (Å²) in [4.78, 5) is 17.0. The number of hydrazine groups is 1. The Hall–Kier alpha value is -1.67. The van der Waals surface area contributed by atoms with Crippen molar-refractivity contribution in [2.45, 2.75) is 30.8 Å². The van der Waals surface area contributed by atoms with Crippen LogP contribution < -0.4 is 11.3 Å². The molecule has 20 heavy (non-hydrogen) atoms. The molecule has 1 saturated carbocycles. The minimum absolute atomic E-state index is 0.373. The third-order valence-corrected chi connectivity index (χ3v) is 4.47. The van der Waals surface area contributed by atoms with E-state index < -0.39 is 0 Å². The molecule has 1 aliphatic rings. The van der Waals surface area contributed by atoms with Gasteiger partial charge in [-0.15, -0.1) is 0 Å². The predicted octanol–water partition coefficient (Wildman–Crippen LogP) is 1.63. The zero-order valence-electron chi connectivity index (χ0n) is 11.1. The van der Waals surface area contributed by atoms with E-state index in [0.29, 0.717) is 17.1 Å². The summed E-state index contributed by atoms with van der Waals surface area (Å²) in [6.07, 6.45) is 10.5. The lowest BCUT2D eigenvalue weighted by Crippen LogP contribution is -2.14. The maximum absolute atomic E-state index is 5.42. The van der Waals surface area contributed by atoms with E-state index in [1.165, 1.54) is 25.7 Å². The molecule has 0 amide bonds.